The fraction of sp³-hybridized carbons (Fsp3) is 0.385. The van der Waals surface area contributed by atoms with Gasteiger partial charge in [-0.1, -0.05) is 36.4 Å². The molecule has 0 unspecified atom stereocenters. The molecule has 0 heterocycles. The highest BCUT2D eigenvalue weighted by Crippen LogP contribution is 2.06. The van der Waals surface area contributed by atoms with Gasteiger partial charge in [-0.05, 0) is 12.0 Å². The fourth-order valence-corrected chi connectivity index (χ4v) is 1.40. The first-order valence-corrected chi connectivity index (χ1v) is 5.50. The molecule has 0 aromatic heterocycles. The standard InChI is InChI=1S/C13H18O4/c1-2-13(17-15)12(14)8-9-16-10-11-6-4-3-5-7-11/h2-7,12-15H,1,8-10H2/t12-,13-/m1/s1. The van der Waals surface area contributed by atoms with Gasteiger partial charge in [-0.15, -0.1) is 6.58 Å². The predicted molar refractivity (Wildman–Crippen MR) is 64.4 cm³/mol. The second-order valence-corrected chi connectivity index (χ2v) is 3.70. The van der Waals surface area contributed by atoms with Gasteiger partial charge in [-0.25, -0.2) is 4.89 Å². The van der Waals surface area contributed by atoms with Crippen LogP contribution < -0.4 is 0 Å². The molecule has 0 aliphatic rings. The van der Waals surface area contributed by atoms with Crippen molar-refractivity contribution in [2.45, 2.75) is 25.2 Å². The zero-order chi connectivity index (χ0) is 12.5. The van der Waals surface area contributed by atoms with Crippen molar-refractivity contribution in [3.63, 3.8) is 0 Å². The summed E-state index contributed by atoms with van der Waals surface area (Å²) in [6, 6.07) is 9.78. The largest absolute Gasteiger partial charge is 0.390 e. The van der Waals surface area contributed by atoms with Crippen LogP contribution in [0.4, 0.5) is 0 Å². The average molecular weight is 238 g/mol. The maximum Gasteiger partial charge on any atom is 0.136 e. The van der Waals surface area contributed by atoms with Crippen LogP contribution in [0.1, 0.15) is 12.0 Å². The van der Waals surface area contributed by atoms with Gasteiger partial charge in [0.25, 0.3) is 0 Å². The molecule has 0 spiro atoms. The highest BCUT2D eigenvalue weighted by atomic mass is 17.1. The molecule has 94 valence electrons. The van der Waals surface area contributed by atoms with Gasteiger partial charge in [0, 0.05) is 6.61 Å². The minimum atomic E-state index is -0.812. The molecular weight excluding hydrogens is 220 g/mol. The van der Waals surface area contributed by atoms with Crippen molar-refractivity contribution >= 4 is 0 Å². The summed E-state index contributed by atoms with van der Waals surface area (Å²) < 4.78 is 5.40. The first-order chi connectivity index (χ1) is 8.27. The van der Waals surface area contributed by atoms with Crippen molar-refractivity contribution in [2.24, 2.45) is 0 Å². The first-order valence-electron chi connectivity index (χ1n) is 5.50. The molecule has 0 bridgehead atoms. The Hall–Kier alpha value is -1.20. The SMILES string of the molecule is C=C[C@@H](OO)[C@H](O)CCOCc1ccccc1. The molecule has 0 saturated heterocycles. The van der Waals surface area contributed by atoms with Crippen LogP contribution in [0, 0.1) is 0 Å². The molecule has 4 heteroatoms. The molecule has 0 aliphatic carbocycles. The molecule has 2 N–H and O–H groups in total. The monoisotopic (exact) mass is 238 g/mol. The van der Waals surface area contributed by atoms with Crippen LogP contribution in [0.3, 0.4) is 0 Å². The minimum Gasteiger partial charge on any atom is -0.390 e. The van der Waals surface area contributed by atoms with E-state index >= 15 is 0 Å². The van der Waals surface area contributed by atoms with E-state index in [1.807, 2.05) is 30.3 Å². The third-order valence-electron chi connectivity index (χ3n) is 2.40. The number of rotatable bonds is 8. The van der Waals surface area contributed by atoms with Crippen molar-refractivity contribution in [2.75, 3.05) is 6.61 Å². The predicted octanol–water partition coefficient (Wildman–Crippen LogP) is 2.00. The van der Waals surface area contributed by atoms with Crippen LogP contribution >= 0.6 is 0 Å². The third kappa shape index (κ3) is 5.10. The number of aliphatic hydroxyl groups is 1. The normalized spacial score (nSPS) is 14.2. The molecule has 1 aromatic rings. The Morgan fingerprint density at radius 3 is 2.59 bits per heavy atom. The second kappa shape index (κ2) is 7.97. The van der Waals surface area contributed by atoms with Crippen LogP contribution in [-0.2, 0) is 16.2 Å². The van der Waals surface area contributed by atoms with Gasteiger partial charge in [-0.2, -0.15) is 0 Å². The molecular formula is C13H18O4. The number of benzene rings is 1. The summed E-state index contributed by atoms with van der Waals surface area (Å²) in [4.78, 5) is 4.05. The molecule has 0 aliphatic heterocycles. The molecule has 0 saturated carbocycles. The summed E-state index contributed by atoms with van der Waals surface area (Å²) in [6.45, 7) is 4.34. The van der Waals surface area contributed by atoms with E-state index in [0.717, 1.165) is 5.56 Å². The van der Waals surface area contributed by atoms with Gasteiger partial charge in [-0.3, -0.25) is 5.26 Å². The van der Waals surface area contributed by atoms with Gasteiger partial charge >= 0.3 is 0 Å². The lowest BCUT2D eigenvalue weighted by molar-refractivity contribution is -0.283. The lowest BCUT2D eigenvalue weighted by Crippen LogP contribution is -2.27. The summed E-state index contributed by atoms with van der Waals surface area (Å²) in [5.74, 6) is 0. The second-order valence-electron chi connectivity index (χ2n) is 3.70. The van der Waals surface area contributed by atoms with Gasteiger partial charge in [0.2, 0.25) is 0 Å². The lowest BCUT2D eigenvalue weighted by Gasteiger charge is -2.16. The van der Waals surface area contributed by atoms with E-state index in [-0.39, 0.29) is 0 Å². The Morgan fingerprint density at radius 2 is 2.00 bits per heavy atom. The van der Waals surface area contributed by atoms with E-state index in [1.165, 1.54) is 6.08 Å². The van der Waals surface area contributed by atoms with Crippen LogP contribution in [0.2, 0.25) is 0 Å². The Kier molecular flexibility index (Phi) is 6.50. The van der Waals surface area contributed by atoms with E-state index in [9.17, 15) is 5.11 Å². The van der Waals surface area contributed by atoms with E-state index < -0.39 is 12.2 Å². The van der Waals surface area contributed by atoms with Gasteiger partial charge in [0.05, 0.1) is 12.7 Å². The Balaban J connectivity index is 2.18. The van der Waals surface area contributed by atoms with Gasteiger partial charge in [0.1, 0.15) is 6.10 Å². The Bertz CT molecular complexity index is 312. The number of ether oxygens (including phenoxy) is 1. The maximum absolute atomic E-state index is 9.57. The van der Waals surface area contributed by atoms with Crippen molar-refractivity contribution in [3.05, 3.63) is 48.6 Å². The highest BCUT2D eigenvalue weighted by Gasteiger charge is 2.16. The van der Waals surface area contributed by atoms with Crippen LogP contribution in [0.15, 0.2) is 43.0 Å². The van der Waals surface area contributed by atoms with Crippen LogP contribution in [0.25, 0.3) is 0 Å². The minimum absolute atomic E-state index is 0.379. The maximum atomic E-state index is 9.57. The third-order valence-corrected chi connectivity index (χ3v) is 2.40. The number of hydrogen-bond donors (Lipinski definition) is 2. The molecule has 0 amide bonds. The van der Waals surface area contributed by atoms with E-state index in [4.69, 9.17) is 9.99 Å². The number of hydrogen-bond acceptors (Lipinski definition) is 4. The zero-order valence-electron chi connectivity index (χ0n) is 9.66. The summed E-state index contributed by atoms with van der Waals surface area (Å²) in [5, 5.41) is 18.0. The molecule has 0 radical (unpaired) electrons. The highest BCUT2D eigenvalue weighted by molar-refractivity contribution is 5.13. The summed E-state index contributed by atoms with van der Waals surface area (Å²) in [5.41, 5.74) is 1.08. The average Bonchev–Trinajstić information content (AvgIpc) is 2.37. The lowest BCUT2D eigenvalue weighted by atomic mass is 10.1. The van der Waals surface area contributed by atoms with Crippen molar-refractivity contribution < 1.29 is 20.0 Å². The molecule has 2 atom stereocenters. The van der Waals surface area contributed by atoms with E-state index in [1.54, 1.807) is 0 Å². The topological polar surface area (TPSA) is 58.9 Å². The fourth-order valence-electron chi connectivity index (χ4n) is 1.40. The summed E-state index contributed by atoms with van der Waals surface area (Å²) in [6.07, 6.45) is 0.148. The quantitative estimate of drug-likeness (QED) is 0.315. The Morgan fingerprint density at radius 1 is 1.29 bits per heavy atom. The molecule has 4 nitrogen and oxygen atoms in total. The Labute approximate surface area is 101 Å². The van der Waals surface area contributed by atoms with Crippen LogP contribution in [-0.4, -0.2) is 29.2 Å². The van der Waals surface area contributed by atoms with Crippen molar-refractivity contribution in [1.29, 1.82) is 0 Å². The molecule has 1 rings (SSSR count). The van der Waals surface area contributed by atoms with E-state index in [2.05, 4.69) is 11.5 Å². The van der Waals surface area contributed by atoms with Crippen molar-refractivity contribution in [3.8, 4) is 0 Å². The molecule has 1 aromatic carbocycles. The smallest absolute Gasteiger partial charge is 0.136 e. The summed E-state index contributed by atoms with van der Waals surface area (Å²) in [7, 11) is 0. The molecule has 17 heavy (non-hydrogen) atoms. The number of aliphatic hydroxyl groups excluding tert-OH is 1. The van der Waals surface area contributed by atoms with Crippen molar-refractivity contribution in [1.82, 2.24) is 0 Å². The van der Waals surface area contributed by atoms with Gasteiger partial charge < -0.3 is 9.84 Å². The van der Waals surface area contributed by atoms with Crippen LogP contribution in [0.5, 0.6) is 0 Å². The first kappa shape index (κ1) is 13.9. The molecule has 0 fully saturated rings. The summed E-state index contributed by atoms with van der Waals surface area (Å²) >= 11 is 0. The van der Waals surface area contributed by atoms with Gasteiger partial charge in [0.15, 0.2) is 0 Å². The zero-order valence-corrected chi connectivity index (χ0v) is 9.66. The van der Waals surface area contributed by atoms with E-state index in [0.29, 0.717) is 19.6 Å².